The number of morpholine rings is 1. The molecule has 0 saturated carbocycles. The topological polar surface area (TPSA) is 124 Å². The molecule has 2 aromatic carbocycles. The molecule has 2 heterocycles. The quantitative estimate of drug-likeness (QED) is 0.508. The number of rotatable bonds is 4. The van der Waals surface area contributed by atoms with Crippen LogP contribution in [0.1, 0.15) is 12.5 Å². The number of hydrogen-bond donors (Lipinski definition) is 3. The standard InChI is InChI=1S/C20H21ClN4O5S/c1-11-7-15-16(23-20(27)19(26)22-15)9-18(11)31(28,29)24-13-3-4-17(14(21)8-13)25-5-6-30-12(2)10-25/h3-4,7-9,12,24H,5-6,10H2,1-2H3,(H,22,26)(H,23,27). The van der Waals surface area contributed by atoms with E-state index in [1.54, 1.807) is 25.1 Å². The van der Waals surface area contributed by atoms with Gasteiger partial charge >= 0.3 is 11.1 Å². The summed E-state index contributed by atoms with van der Waals surface area (Å²) in [6, 6.07) is 7.79. The van der Waals surface area contributed by atoms with Crippen molar-refractivity contribution < 1.29 is 13.2 Å². The minimum Gasteiger partial charge on any atom is -0.375 e. The molecule has 0 amide bonds. The van der Waals surface area contributed by atoms with Crippen LogP contribution in [0.15, 0.2) is 44.8 Å². The summed E-state index contributed by atoms with van der Waals surface area (Å²) in [5, 5.41) is 0.423. The normalized spacial score (nSPS) is 17.1. The van der Waals surface area contributed by atoms with Crippen LogP contribution in [0.3, 0.4) is 0 Å². The number of H-pyrrole nitrogens is 2. The third kappa shape index (κ3) is 4.32. The predicted molar refractivity (Wildman–Crippen MR) is 120 cm³/mol. The van der Waals surface area contributed by atoms with Crippen LogP contribution in [0.4, 0.5) is 11.4 Å². The van der Waals surface area contributed by atoms with Gasteiger partial charge in [0.05, 0.1) is 45.0 Å². The highest BCUT2D eigenvalue weighted by molar-refractivity contribution is 7.92. The van der Waals surface area contributed by atoms with Crippen molar-refractivity contribution in [2.24, 2.45) is 0 Å². The molecule has 9 nitrogen and oxygen atoms in total. The van der Waals surface area contributed by atoms with E-state index in [0.29, 0.717) is 41.5 Å². The Morgan fingerprint density at radius 2 is 1.81 bits per heavy atom. The van der Waals surface area contributed by atoms with Gasteiger partial charge in [-0.2, -0.15) is 0 Å². The number of aryl methyl sites for hydroxylation is 1. The first-order valence-electron chi connectivity index (χ1n) is 9.60. The lowest BCUT2D eigenvalue weighted by Gasteiger charge is -2.33. The Balaban J connectivity index is 1.65. The molecule has 164 valence electrons. The first kappa shape index (κ1) is 21.4. The maximum atomic E-state index is 13.0. The van der Waals surface area contributed by atoms with Crippen molar-refractivity contribution >= 4 is 44.0 Å². The van der Waals surface area contributed by atoms with Gasteiger partial charge in [0.1, 0.15) is 0 Å². The second-order valence-corrected chi connectivity index (χ2v) is 9.53. The average molecular weight is 465 g/mol. The lowest BCUT2D eigenvalue weighted by molar-refractivity contribution is 0.0532. The lowest BCUT2D eigenvalue weighted by Crippen LogP contribution is -2.41. The molecule has 4 rings (SSSR count). The summed E-state index contributed by atoms with van der Waals surface area (Å²) in [5.41, 5.74) is 0.427. The molecule has 31 heavy (non-hydrogen) atoms. The molecule has 1 aromatic heterocycles. The molecule has 1 unspecified atom stereocenters. The van der Waals surface area contributed by atoms with Gasteiger partial charge in [-0.1, -0.05) is 11.6 Å². The zero-order chi connectivity index (χ0) is 22.3. The fraction of sp³-hybridized carbons (Fsp3) is 0.300. The molecule has 1 aliphatic heterocycles. The molecule has 0 spiro atoms. The summed E-state index contributed by atoms with van der Waals surface area (Å²) < 4.78 is 34.1. The van der Waals surface area contributed by atoms with Crippen molar-refractivity contribution in [2.45, 2.75) is 24.8 Å². The number of nitrogens with one attached hydrogen (secondary N) is 3. The lowest BCUT2D eigenvalue weighted by atomic mass is 10.2. The molecule has 1 atom stereocenters. The Labute approximate surface area is 183 Å². The van der Waals surface area contributed by atoms with Crippen molar-refractivity contribution in [3.63, 3.8) is 0 Å². The zero-order valence-corrected chi connectivity index (χ0v) is 18.4. The summed E-state index contributed by atoms with van der Waals surface area (Å²) in [5.74, 6) is 0. The Kier molecular flexibility index (Phi) is 5.54. The molecule has 0 aliphatic carbocycles. The highest BCUT2D eigenvalue weighted by atomic mass is 35.5. The minimum absolute atomic E-state index is 0.0232. The highest BCUT2D eigenvalue weighted by Crippen LogP contribution is 2.31. The molecule has 0 radical (unpaired) electrons. The molecule has 0 bridgehead atoms. The van der Waals surface area contributed by atoms with Crippen LogP contribution in [0.25, 0.3) is 11.0 Å². The van der Waals surface area contributed by atoms with Crippen molar-refractivity contribution in [3.8, 4) is 0 Å². The minimum atomic E-state index is -3.98. The molecular formula is C20H21ClN4O5S. The number of hydrogen-bond acceptors (Lipinski definition) is 6. The summed E-state index contributed by atoms with van der Waals surface area (Å²) in [6.07, 6.45) is 0.0836. The molecule has 3 aromatic rings. The van der Waals surface area contributed by atoms with Gasteiger partial charge in [0.2, 0.25) is 0 Å². The summed E-state index contributed by atoms with van der Waals surface area (Å²) in [6.45, 7) is 5.58. The van der Waals surface area contributed by atoms with E-state index in [0.717, 1.165) is 5.69 Å². The van der Waals surface area contributed by atoms with Gasteiger partial charge in [-0.3, -0.25) is 14.3 Å². The second kappa shape index (κ2) is 8.03. The Hall–Kier alpha value is -2.82. The zero-order valence-electron chi connectivity index (χ0n) is 16.9. The first-order valence-corrected chi connectivity index (χ1v) is 11.5. The largest absolute Gasteiger partial charge is 0.375 e. The number of sulfonamides is 1. The second-order valence-electron chi connectivity index (χ2n) is 7.47. The van der Waals surface area contributed by atoms with Crippen molar-refractivity contribution in [1.29, 1.82) is 0 Å². The van der Waals surface area contributed by atoms with Crippen LogP contribution in [0, 0.1) is 6.92 Å². The number of aromatic nitrogens is 2. The number of anilines is 2. The van der Waals surface area contributed by atoms with Crippen LogP contribution in [0.2, 0.25) is 5.02 Å². The van der Waals surface area contributed by atoms with Crippen molar-refractivity contribution in [2.75, 3.05) is 29.3 Å². The van der Waals surface area contributed by atoms with E-state index in [9.17, 15) is 18.0 Å². The van der Waals surface area contributed by atoms with E-state index < -0.39 is 21.1 Å². The molecular weight excluding hydrogens is 444 g/mol. The predicted octanol–water partition coefficient (Wildman–Crippen LogP) is 2.20. The van der Waals surface area contributed by atoms with Crippen molar-refractivity contribution in [1.82, 2.24) is 9.97 Å². The van der Waals surface area contributed by atoms with E-state index in [1.165, 1.54) is 12.1 Å². The van der Waals surface area contributed by atoms with E-state index in [-0.39, 0.29) is 16.5 Å². The van der Waals surface area contributed by atoms with Gasteiger partial charge in [-0.05, 0) is 49.7 Å². The van der Waals surface area contributed by atoms with Crippen LogP contribution in [-0.4, -0.2) is 44.2 Å². The summed E-state index contributed by atoms with van der Waals surface area (Å²) in [7, 11) is -3.98. The van der Waals surface area contributed by atoms with E-state index >= 15 is 0 Å². The fourth-order valence-electron chi connectivity index (χ4n) is 3.62. The van der Waals surface area contributed by atoms with Crippen molar-refractivity contribution in [3.05, 3.63) is 61.6 Å². The number of halogens is 1. The van der Waals surface area contributed by atoms with Crippen LogP contribution < -0.4 is 20.7 Å². The van der Waals surface area contributed by atoms with Gasteiger partial charge in [0.15, 0.2) is 0 Å². The average Bonchev–Trinajstić information content (AvgIpc) is 2.68. The highest BCUT2D eigenvalue weighted by Gasteiger charge is 2.22. The van der Waals surface area contributed by atoms with Gasteiger partial charge in [0, 0.05) is 13.1 Å². The Morgan fingerprint density at radius 1 is 1.13 bits per heavy atom. The van der Waals surface area contributed by atoms with E-state index in [2.05, 4.69) is 19.6 Å². The molecule has 1 fully saturated rings. The van der Waals surface area contributed by atoms with Crippen LogP contribution >= 0.6 is 11.6 Å². The number of nitrogens with zero attached hydrogens (tertiary/aromatic N) is 1. The van der Waals surface area contributed by atoms with Gasteiger partial charge < -0.3 is 19.6 Å². The molecule has 11 heteroatoms. The first-order chi connectivity index (χ1) is 14.6. The number of ether oxygens (including phenoxy) is 1. The summed E-state index contributed by atoms with van der Waals surface area (Å²) >= 11 is 6.44. The molecule has 3 N–H and O–H groups in total. The smallest absolute Gasteiger partial charge is 0.314 e. The summed E-state index contributed by atoms with van der Waals surface area (Å²) in [4.78, 5) is 30.0. The molecule has 1 aliphatic rings. The Morgan fingerprint density at radius 3 is 2.45 bits per heavy atom. The monoisotopic (exact) mass is 464 g/mol. The van der Waals surface area contributed by atoms with E-state index in [4.69, 9.17) is 16.3 Å². The van der Waals surface area contributed by atoms with Gasteiger partial charge in [0.25, 0.3) is 10.0 Å². The Bertz CT molecular complexity index is 1380. The van der Waals surface area contributed by atoms with Crippen LogP contribution in [-0.2, 0) is 14.8 Å². The number of benzene rings is 2. The molecule has 1 saturated heterocycles. The third-order valence-electron chi connectivity index (χ3n) is 5.09. The fourth-order valence-corrected chi connectivity index (χ4v) is 5.22. The van der Waals surface area contributed by atoms with E-state index in [1.807, 2.05) is 6.92 Å². The third-order valence-corrected chi connectivity index (χ3v) is 6.91. The van der Waals surface area contributed by atoms with Gasteiger partial charge in [-0.25, -0.2) is 8.42 Å². The van der Waals surface area contributed by atoms with Crippen LogP contribution in [0.5, 0.6) is 0 Å². The maximum absolute atomic E-state index is 13.0. The number of aromatic amines is 2. The maximum Gasteiger partial charge on any atom is 0.314 e. The number of fused-ring (bicyclic) bond motifs is 1. The SMILES string of the molecule is Cc1cc2[nH]c(=O)c(=O)[nH]c2cc1S(=O)(=O)Nc1ccc(N2CCOC(C)C2)c(Cl)c1. The van der Waals surface area contributed by atoms with Gasteiger partial charge in [-0.15, -0.1) is 0 Å².